The van der Waals surface area contributed by atoms with Gasteiger partial charge < -0.3 is 15.0 Å². The molecular weight excluding hydrogens is 1070 g/mol. The van der Waals surface area contributed by atoms with Crippen LogP contribution in [0.5, 0.6) is 0 Å². The van der Waals surface area contributed by atoms with Gasteiger partial charge in [-0.3, -0.25) is 19.2 Å². The maximum absolute atomic E-state index is 11.1. The maximum atomic E-state index is 11.1. The molecule has 3 aromatic carbocycles. The Hall–Kier alpha value is -4.86. The molecule has 0 spiro atoms. The molecule has 3 aromatic heterocycles. The molecule has 61 heavy (non-hydrogen) atoms. The zero-order chi connectivity index (χ0) is 45.0. The minimum atomic E-state index is -0.403. The number of halogens is 2. The number of hydrogen-bond donors (Lipinski definition) is 0. The molecule has 3 heterocycles. The molecule has 0 amide bonds. The molecule has 0 aliphatic carbocycles. The average Bonchev–Trinajstić information content (AvgIpc) is 3.26. The minimum Gasteiger partial charge on any atom is -0.305 e. The third-order valence-electron chi connectivity index (χ3n) is 8.16. The van der Waals surface area contributed by atoms with E-state index in [0.29, 0.717) is 6.42 Å². The number of benzene rings is 3. The van der Waals surface area contributed by atoms with Crippen LogP contribution >= 0.6 is 31.9 Å². The van der Waals surface area contributed by atoms with E-state index in [2.05, 4.69) is 71.6 Å². The van der Waals surface area contributed by atoms with E-state index in [9.17, 15) is 19.2 Å². The van der Waals surface area contributed by atoms with E-state index in [1.54, 1.807) is 32.4 Å². The van der Waals surface area contributed by atoms with Crippen LogP contribution in [0.3, 0.4) is 0 Å². The van der Waals surface area contributed by atoms with Crippen LogP contribution in [0.25, 0.3) is 33.8 Å². The molecule has 1 unspecified atom stereocenters. The van der Waals surface area contributed by atoms with Crippen molar-refractivity contribution in [2.24, 2.45) is 5.41 Å². The first-order chi connectivity index (χ1) is 28.4. The van der Waals surface area contributed by atoms with Crippen molar-refractivity contribution in [3.05, 3.63) is 177 Å². The largest absolute Gasteiger partial charge is 3.00 e. The number of alkyl halides is 2. The van der Waals surface area contributed by atoms with Crippen LogP contribution in [-0.4, -0.2) is 47.2 Å². The SMILES string of the molecule is C=CC(C)=O.CC(=O)C(Br)CC(C)(C)C(C)=O.CC(=O)C(C)(C)Br.[Ir+3].[c-]1ccccc1-c1ccccn1.[c-]1ccccc1-c1ccccn1.[c-]1ccccc1-c1ccccn1. The van der Waals surface area contributed by atoms with Crippen molar-refractivity contribution in [1.29, 1.82) is 0 Å². The molecule has 6 aromatic rings. The number of aromatic nitrogens is 3. The van der Waals surface area contributed by atoms with E-state index >= 15 is 0 Å². The predicted octanol–water partition coefficient (Wildman–Crippen LogP) is 12.5. The molecule has 0 radical (unpaired) electrons. The van der Waals surface area contributed by atoms with Crippen molar-refractivity contribution in [1.82, 2.24) is 15.0 Å². The molecule has 10 heteroatoms. The summed E-state index contributed by atoms with van der Waals surface area (Å²) in [5.74, 6) is 0.370. The molecule has 7 nitrogen and oxygen atoms in total. The quantitative estimate of drug-likeness (QED) is 0.0806. The van der Waals surface area contributed by atoms with Crippen molar-refractivity contribution >= 4 is 55.0 Å². The predicted molar refractivity (Wildman–Crippen MR) is 253 cm³/mol. The smallest absolute Gasteiger partial charge is 0.305 e. The number of ketones is 4. The molecule has 0 saturated carbocycles. The van der Waals surface area contributed by atoms with Crippen LogP contribution in [0.4, 0.5) is 0 Å². The summed E-state index contributed by atoms with van der Waals surface area (Å²) in [6.45, 7) is 16.7. The zero-order valence-electron chi connectivity index (χ0n) is 36.0. The van der Waals surface area contributed by atoms with E-state index in [1.807, 2.05) is 155 Å². The molecule has 0 fully saturated rings. The van der Waals surface area contributed by atoms with E-state index in [-0.39, 0.29) is 52.4 Å². The number of rotatable bonds is 9. The van der Waals surface area contributed by atoms with Crippen molar-refractivity contribution < 1.29 is 39.3 Å². The Bertz CT molecular complexity index is 1830. The van der Waals surface area contributed by atoms with E-state index in [1.165, 1.54) is 19.9 Å². The van der Waals surface area contributed by atoms with Crippen LogP contribution in [0, 0.1) is 23.6 Å². The molecule has 320 valence electrons. The summed E-state index contributed by atoms with van der Waals surface area (Å²) in [6, 6.07) is 50.5. The summed E-state index contributed by atoms with van der Waals surface area (Å²) in [6.07, 6.45) is 7.21. The van der Waals surface area contributed by atoms with Crippen LogP contribution in [0.15, 0.2) is 159 Å². The van der Waals surface area contributed by atoms with Gasteiger partial charge in [0.25, 0.3) is 0 Å². The fourth-order valence-electron chi connectivity index (χ4n) is 3.96. The number of hydrogen-bond acceptors (Lipinski definition) is 7. The van der Waals surface area contributed by atoms with Gasteiger partial charge in [-0.2, -0.15) is 0 Å². The Kier molecular flexibility index (Phi) is 28.6. The molecular formula is C51H54Br2IrN3O4. The summed E-state index contributed by atoms with van der Waals surface area (Å²) in [7, 11) is 0. The van der Waals surface area contributed by atoms with Gasteiger partial charge in [-0.05, 0) is 89.3 Å². The third kappa shape index (κ3) is 25.5. The Labute approximate surface area is 393 Å². The number of nitrogens with zero attached hydrogens (tertiary/aromatic N) is 3. The number of carbonyl (C=O) groups excluding carboxylic acids is 4. The molecule has 6 rings (SSSR count). The second kappa shape index (κ2) is 31.1. The third-order valence-corrected chi connectivity index (χ3v) is 9.68. The molecule has 0 N–H and O–H groups in total. The number of Topliss-reactive ketones (excluding diaryl/α,β-unsaturated/α-hetero) is 3. The molecule has 0 aliphatic rings. The maximum Gasteiger partial charge on any atom is 3.00 e. The molecule has 1 atom stereocenters. The van der Waals surface area contributed by atoms with Gasteiger partial charge in [0.2, 0.25) is 0 Å². The second-order valence-electron chi connectivity index (χ2n) is 14.0. The minimum absolute atomic E-state index is 0. The summed E-state index contributed by atoms with van der Waals surface area (Å²) in [5.41, 5.74) is 5.63. The summed E-state index contributed by atoms with van der Waals surface area (Å²) in [4.78, 5) is 54.5. The van der Waals surface area contributed by atoms with Crippen molar-refractivity contribution in [3.8, 4) is 33.8 Å². The van der Waals surface area contributed by atoms with Gasteiger partial charge in [0.1, 0.15) is 17.3 Å². The molecule has 0 saturated heterocycles. The van der Waals surface area contributed by atoms with E-state index in [0.717, 1.165) is 33.8 Å². The number of pyridine rings is 3. The standard InChI is InChI=1S/3C11H8N.C9H15BrO2.C5H9BrO.C4H6O.Ir/c3*1-2-6-10(7-3-1)11-8-4-5-9-12-11;1-6(11)8(10)5-9(3,4)7(2)12;1-4(7)5(2,3)6;1-3-4(2)5;/h3*1-6,8-9H;8H,5H2,1-4H3;1-3H3;3H,1H2,2H3;/q3*-1;;;;+3. The number of allylic oxidation sites excluding steroid dienone is 1. The summed E-state index contributed by atoms with van der Waals surface area (Å²) in [5, 5.41) is 0. The van der Waals surface area contributed by atoms with Gasteiger partial charge in [-0.25, -0.2) is 0 Å². The summed E-state index contributed by atoms with van der Waals surface area (Å²) >= 11 is 6.44. The topological polar surface area (TPSA) is 107 Å². The average molecular weight is 1130 g/mol. The van der Waals surface area contributed by atoms with Gasteiger partial charge in [-0.1, -0.05) is 88.7 Å². The van der Waals surface area contributed by atoms with E-state index in [4.69, 9.17) is 0 Å². The van der Waals surface area contributed by atoms with Crippen LogP contribution in [-0.2, 0) is 39.3 Å². The Morgan fingerprint density at radius 2 is 0.885 bits per heavy atom. The van der Waals surface area contributed by atoms with Crippen molar-refractivity contribution in [3.63, 3.8) is 0 Å². The first kappa shape index (κ1) is 56.1. The molecule has 0 bridgehead atoms. The van der Waals surface area contributed by atoms with Gasteiger partial charge in [0.05, 0.1) is 9.15 Å². The van der Waals surface area contributed by atoms with Gasteiger partial charge in [-0.15, -0.1) is 108 Å². The Balaban J connectivity index is 0.000000722. The summed E-state index contributed by atoms with van der Waals surface area (Å²) < 4.78 is -0.326. The van der Waals surface area contributed by atoms with Crippen LogP contribution in [0.1, 0.15) is 61.8 Å². The Morgan fingerprint density at radius 3 is 1.07 bits per heavy atom. The fraction of sp³-hybridized carbons (Fsp3) is 0.235. The first-order valence-corrected chi connectivity index (χ1v) is 20.7. The van der Waals surface area contributed by atoms with Gasteiger partial charge in [0, 0.05) is 24.0 Å². The first-order valence-electron chi connectivity index (χ1n) is 19.0. The monoisotopic (exact) mass is 1120 g/mol. The van der Waals surface area contributed by atoms with Crippen molar-refractivity contribution in [2.45, 2.75) is 71.0 Å². The molecule has 0 aliphatic heterocycles. The van der Waals surface area contributed by atoms with Crippen LogP contribution < -0.4 is 0 Å². The van der Waals surface area contributed by atoms with E-state index < -0.39 is 5.41 Å². The van der Waals surface area contributed by atoms with Crippen LogP contribution in [0.2, 0.25) is 0 Å². The van der Waals surface area contributed by atoms with Crippen molar-refractivity contribution in [2.75, 3.05) is 0 Å². The zero-order valence-corrected chi connectivity index (χ0v) is 41.6. The second-order valence-corrected chi connectivity index (χ2v) is 17.1. The van der Waals surface area contributed by atoms with Gasteiger partial charge in [0.15, 0.2) is 5.78 Å². The normalized spacial score (nSPS) is 10.3. The fourth-order valence-corrected chi connectivity index (χ4v) is 4.77. The van der Waals surface area contributed by atoms with Gasteiger partial charge >= 0.3 is 20.1 Å². The number of carbonyl (C=O) groups is 4. The Morgan fingerprint density at radius 1 is 0.590 bits per heavy atom.